The fourth-order valence-electron chi connectivity index (χ4n) is 1.20. The molecule has 0 spiro atoms. The van der Waals surface area contributed by atoms with Crippen molar-refractivity contribution in [2.24, 2.45) is 0 Å². The van der Waals surface area contributed by atoms with Crippen molar-refractivity contribution in [1.29, 1.82) is 0 Å². The number of carbonyl (C=O) groups excluding carboxylic acids is 1. The lowest BCUT2D eigenvalue weighted by atomic mass is 10.2. The van der Waals surface area contributed by atoms with Crippen molar-refractivity contribution in [3.63, 3.8) is 0 Å². The van der Waals surface area contributed by atoms with Crippen LogP contribution in [0, 0.1) is 6.92 Å². The molecule has 1 rings (SSSR count). The van der Waals surface area contributed by atoms with Crippen LogP contribution in [0.5, 0.6) is 11.5 Å². The van der Waals surface area contributed by atoms with Gasteiger partial charge >= 0.3 is 6.16 Å². The Morgan fingerprint density at radius 2 is 2.11 bits per heavy atom. The van der Waals surface area contributed by atoms with Crippen LogP contribution >= 0.6 is 0 Å². The van der Waals surface area contributed by atoms with Gasteiger partial charge in [-0.25, -0.2) is 4.79 Å². The van der Waals surface area contributed by atoms with E-state index in [9.17, 15) is 4.79 Å². The van der Waals surface area contributed by atoms with Gasteiger partial charge in [-0.15, -0.1) is 0 Å². The average Bonchev–Trinajstić information content (AvgIpc) is 2.37. The summed E-state index contributed by atoms with van der Waals surface area (Å²) in [5.41, 5.74) is 0.961. The predicted octanol–water partition coefficient (Wildman–Crippen LogP) is 0.872. The molecule has 0 aliphatic carbocycles. The Morgan fingerprint density at radius 3 is 2.72 bits per heavy atom. The molecule has 0 radical (unpaired) electrons. The molecule has 1 aromatic rings. The van der Waals surface area contributed by atoms with E-state index in [-0.39, 0.29) is 12.4 Å². The molecule has 0 aliphatic rings. The Morgan fingerprint density at radius 1 is 1.39 bits per heavy atom. The molecule has 0 amide bonds. The third-order valence-electron chi connectivity index (χ3n) is 2.12. The lowest BCUT2D eigenvalue weighted by molar-refractivity contribution is 0.0173. The number of aliphatic hydroxyl groups excluding tert-OH is 2. The number of carbonyl (C=O) groups is 1. The molecule has 1 atom stereocenters. The minimum Gasteiger partial charge on any atom is -0.493 e. The van der Waals surface area contributed by atoms with Crippen molar-refractivity contribution >= 4 is 6.16 Å². The lowest BCUT2D eigenvalue weighted by Gasteiger charge is -2.11. The first-order valence-corrected chi connectivity index (χ1v) is 5.35. The van der Waals surface area contributed by atoms with Crippen LogP contribution in [0.1, 0.15) is 5.56 Å². The van der Waals surface area contributed by atoms with Crippen molar-refractivity contribution in [1.82, 2.24) is 0 Å². The van der Waals surface area contributed by atoms with E-state index in [1.165, 1.54) is 7.11 Å². The molecular weight excluding hydrogens is 240 g/mol. The highest BCUT2D eigenvalue weighted by molar-refractivity contribution is 5.65. The van der Waals surface area contributed by atoms with E-state index < -0.39 is 18.9 Å². The molecule has 1 aromatic carbocycles. The summed E-state index contributed by atoms with van der Waals surface area (Å²) in [6, 6.07) is 5.05. The Hall–Kier alpha value is -1.79. The fourth-order valence-corrected chi connectivity index (χ4v) is 1.20. The van der Waals surface area contributed by atoms with Gasteiger partial charge in [0.1, 0.15) is 12.7 Å². The molecule has 0 saturated carbocycles. The highest BCUT2D eigenvalue weighted by Gasteiger charge is 2.13. The summed E-state index contributed by atoms with van der Waals surface area (Å²) in [4.78, 5) is 11.3. The highest BCUT2D eigenvalue weighted by atomic mass is 16.7. The number of aliphatic hydroxyl groups is 2. The monoisotopic (exact) mass is 256 g/mol. The highest BCUT2D eigenvalue weighted by Crippen LogP contribution is 2.27. The van der Waals surface area contributed by atoms with E-state index >= 15 is 0 Å². The van der Waals surface area contributed by atoms with Gasteiger partial charge in [-0.3, -0.25) is 0 Å². The van der Waals surface area contributed by atoms with Gasteiger partial charge in [0, 0.05) is 0 Å². The van der Waals surface area contributed by atoms with Crippen molar-refractivity contribution < 1.29 is 29.2 Å². The van der Waals surface area contributed by atoms with Crippen LogP contribution in [-0.4, -0.2) is 42.8 Å². The third-order valence-corrected chi connectivity index (χ3v) is 2.12. The maximum Gasteiger partial charge on any atom is 0.514 e. The van der Waals surface area contributed by atoms with E-state index in [0.717, 1.165) is 5.56 Å². The standard InChI is InChI=1S/C12H16O6/c1-8-3-4-10(11(5-8)16-2)18-12(15)17-7-9(14)6-13/h3-5,9,13-14H,6-7H2,1-2H3. The number of benzene rings is 1. The number of ether oxygens (including phenoxy) is 3. The minimum absolute atomic E-state index is 0.228. The second-order valence-electron chi connectivity index (χ2n) is 3.65. The topological polar surface area (TPSA) is 85.2 Å². The minimum atomic E-state index is -1.11. The molecule has 0 fully saturated rings. The first-order chi connectivity index (χ1) is 8.56. The normalized spacial score (nSPS) is 11.8. The van der Waals surface area contributed by atoms with E-state index in [1.807, 2.05) is 6.92 Å². The summed E-state index contributed by atoms with van der Waals surface area (Å²) < 4.78 is 14.6. The maximum atomic E-state index is 11.3. The molecule has 0 bridgehead atoms. The first kappa shape index (κ1) is 14.3. The van der Waals surface area contributed by atoms with Crippen molar-refractivity contribution in [3.8, 4) is 11.5 Å². The summed E-state index contributed by atoms with van der Waals surface area (Å²) in [5.74, 6) is 0.640. The Bertz CT molecular complexity index is 404. The molecule has 6 nitrogen and oxygen atoms in total. The zero-order valence-electron chi connectivity index (χ0n) is 10.3. The van der Waals surface area contributed by atoms with Crippen molar-refractivity contribution in [2.75, 3.05) is 20.3 Å². The summed E-state index contributed by atoms with van der Waals surface area (Å²) in [6.45, 7) is 1.06. The predicted molar refractivity (Wildman–Crippen MR) is 62.8 cm³/mol. The second kappa shape index (κ2) is 6.83. The smallest absolute Gasteiger partial charge is 0.493 e. The number of methoxy groups -OCH3 is 1. The van der Waals surface area contributed by atoms with E-state index in [0.29, 0.717) is 5.75 Å². The molecule has 0 aliphatic heterocycles. The van der Waals surface area contributed by atoms with E-state index in [4.69, 9.17) is 19.7 Å². The number of aryl methyl sites for hydroxylation is 1. The summed E-state index contributed by atoms with van der Waals surface area (Å²) in [6.07, 6.45) is -2.08. The molecule has 6 heteroatoms. The second-order valence-corrected chi connectivity index (χ2v) is 3.65. The maximum absolute atomic E-state index is 11.3. The van der Waals surface area contributed by atoms with E-state index in [2.05, 4.69) is 4.74 Å². The van der Waals surface area contributed by atoms with Crippen molar-refractivity contribution in [2.45, 2.75) is 13.0 Å². The summed E-state index contributed by atoms with van der Waals surface area (Å²) in [7, 11) is 1.46. The summed E-state index contributed by atoms with van der Waals surface area (Å²) in [5, 5.41) is 17.6. The van der Waals surface area contributed by atoms with Gasteiger partial charge in [0.05, 0.1) is 13.7 Å². The van der Waals surface area contributed by atoms with Crippen molar-refractivity contribution in [3.05, 3.63) is 23.8 Å². The Balaban J connectivity index is 2.59. The molecule has 100 valence electrons. The molecule has 0 saturated heterocycles. The molecule has 2 N–H and O–H groups in total. The van der Waals surface area contributed by atoms with Crippen LogP contribution in [0.3, 0.4) is 0 Å². The van der Waals surface area contributed by atoms with Gasteiger partial charge in [-0.2, -0.15) is 0 Å². The zero-order chi connectivity index (χ0) is 13.5. The van der Waals surface area contributed by atoms with Crippen LogP contribution in [0.2, 0.25) is 0 Å². The molecule has 18 heavy (non-hydrogen) atoms. The number of hydrogen-bond acceptors (Lipinski definition) is 6. The van der Waals surface area contributed by atoms with Gasteiger partial charge in [0.2, 0.25) is 0 Å². The van der Waals surface area contributed by atoms with Crippen LogP contribution in [-0.2, 0) is 4.74 Å². The number of hydrogen-bond donors (Lipinski definition) is 2. The average molecular weight is 256 g/mol. The van der Waals surface area contributed by atoms with Crippen LogP contribution in [0.4, 0.5) is 4.79 Å². The van der Waals surface area contributed by atoms with Gasteiger partial charge in [0.25, 0.3) is 0 Å². The van der Waals surface area contributed by atoms with Crippen LogP contribution in [0.15, 0.2) is 18.2 Å². The molecular formula is C12H16O6. The van der Waals surface area contributed by atoms with Gasteiger partial charge < -0.3 is 24.4 Å². The summed E-state index contributed by atoms with van der Waals surface area (Å²) >= 11 is 0. The Labute approximate surface area is 105 Å². The molecule has 0 aromatic heterocycles. The van der Waals surface area contributed by atoms with Gasteiger partial charge in [-0.1, -0.05) is 6.07 Å². The molecule has 0 heterocycles. The largest absolute Gasteiger partial charge is 0.514 e. The quantitative estimate of drug-likeness (QED) is 0.600. The zero-order valence-corrected chi connectivity index (χ0v) is 10.3. The first-order valence-electron chi connectivity index (χ1n) is 5.35. The fraction of sp³-hybridized carbons (Fsp3) is 0.417. The van der Waals surface area contributed by atoms with Crippen LogP contribution in [0.25, 0.3) is 0 Å². The SMILES string of the molecule is COc1cc(C)ccc1OC(=O)OCC(O)CO. The molecule has 1 unspecified atom stereocenters. The Kier molecular flexibility index (Phi) is 5.41. The van der Waals surface area contributed by atoms with E-state index in [1.54, 1.807) is 18.2 Å². The van der Waals surface area contributed by atoms with Gasteiger partial charge in [0.15, 0.2) is 11.5 Å². The number of rotatable bonds is 5. The van der Waals surface area contributed by atoms with Crippen LogP contribution < -0.4 is 9.47 Å². The third kappa shape index (κ3) is 4.23. The van der Waals surface area contributed by atoms with Gasteiger partial charge in [-0.05, 0) is 24.6 Å². The lowest BCUT2D eigenvalue weighted by Crippen LogP contribution is -2.23.